The van der Waals surface area contributed by atoms with Crippen LogP contribution < -0.4 is 15.0 Å². The summed E-state index contributed by atoms with van der Waals surface area (Å²) < 4.78 is 5.46. The molecule has 140 valence electrons. The Morgan fingerprint density at radius 2 is 1.77 bits per heavy atom. The number of carbonyl (C=O) groups is 3. The van der Waals surface area contributed by atoms with E-state index >= 15 is 0 Å². The van der Waals surface area contributed by atoms with Crippen LogP contribution in [0.3, 0.4) is 0 Å². The summed E-state index contributed by atoms with van der Waals surface area (Å²) >= 11 is 0. The molecule has 2 heterocycles. The number of nitrogens with zero attached hydrogens (tertiary/aromatic N) is 2. The SMILES string of the molecule is O=C(COc1ccc(N2CCCC2=O)cc1)NCCC(=O)N1CCCC1. The van der Waals surface area contributed by atoms with Gasteiger partial charge in [0.05, 0.1) is 0 Å². The molecule has 0 spiro atoms. The lowest BCUT2D eigenvalue weighted by Gasteiger charge is -2.16. The Morgan fingerprint density at radius 3 is 2.42 bits per heavy atom. The van der Waals surface area contributed by atoms with Gasteiger partial charge in [0.1, 0.15) is 5.75 Å². The van der Waals surface area contributed by atoms with E-state index in [0.717, 1.165) is 44.6 Å². The number of hydrogen-bond acceptors (Lipinski definition) is 4. The van der Waals surface area contributed by atoms with Gasteiger partial charge in [0.15, 0.2) is 6.61 Å². The highest BCUT2D eigenvalue weighted by molar-refractivity contribution is 5.95. The van der Waals surface area contributed by atoms with Crippen molar-refractivity contribution in [3.8, 4) is 5.75 Å². The first kappa shape index (κ1) is 18.2. The molecule has 1 N–H and O–H groups in total. The first-order valence-corrected chi connectivity index (χ1v) is 9.21. The van der Waals surface area contributed by atoms with Gasteiger partial charge in [-0.3, -0.25) is 14.4 Å². The number of hydrogen-bond donors (Lipinski definition) is 1. The Bertz CT molecular complexity index is 653. The monoisotopic (exact) mass is 359 g/mol. The van der Waals surface area contributed by atoms with Crippen molar-refractivity contribution in [2.24, 2.45) is 0 Å². The second kappa shape index (κ2) is 8.69. The molecule has 2 fully saturated rings. The molecule has 0 bridgehead atoms. The molecule has 1 aromatic rings. The summed E-state index contributed by atoms with van der Waals surface area (Å²) in [4.78, 5) is 39.0. The molecule has 0 saturated carbocycles. The molecule has 0 unspecified atom stereocenters. The smallest absolute Gasteiger partial charge is 0.257 e. The molecule has 3 rings (SSSR count). The van der Waals surface area contributed by atoms with Gasteiger partial charge in [-0.25, -0.2) is 0 Å². The number of carbonyl (C=O) groups excluding carboxylic acids is 3. The maximum atomic E-state index is 11.9. The van der Waals surface area contributed by atoms with Crippen LogP contribution in [-0.2, 0) is 14.4 Å². The van der Waals surface area contributed by atoms with Crippen LogP contribution in [0.5, 0.6) is 5.75 Å². The average Bonchev–Trinajstić information content (AvgIpc) is 3.32. The van der Waals surface area contributed by atoms with E-state index in [1.165, 1.54) is 0 Å². The van der Waals surface area contributed by atoms with Crippen LogP contribution in [0.1, 0.15) is 32.1 Å². The predicted octanol–water partition coefficient (Wildman–Crippen LogP) is 1.32. The molecule has 2 aliphatic rings. The van der Waals surface area contributed by atoms with Crippen LogP contribution in [0.25, 0.3) is 0 Å². The van der Waals surface area contributed by atoms with Crippen molar-refractivity contribution in [2.45, 2.75) is 32.1 Å². The quantitative estimate of drug-likeness (QED) is 0.796. The lowest BCUT2D eigenvalue weighted by Crippen LogP contribution is -2.34. The standard InChI is InChI=1S/C19H25N3O4/c23-17(20-10-9-18(24)21-11-1-2-12-21)14-26-16-7-5-15(6-8-16)22-13-3-4-19(22)25/h5-8H,1-4,9-14H2,(H,20,23). The zero-order valence-corrected chi connectivity index (χ0v) is 14.9. The van der Waals surface area contributed by atoms with Gasteiger partial charge in [0, 0.05) is 44.7 Å². The van der Waals surface area contributed by atoms with Crippen LogP contribution in [0.15, 0.2) is 24.3 Å². The molecule has 2 saturated heterocycles. The van der Waals surface area contributed by atoms with Crippen molar-refractivity contribution in [3.63, 3.8) is 0 Å². The highest BCUT2D eigenvalue weighted by atomic mass is 16.5. The van der Waals surface area contributed by atoms with E-state index in [9.17, 15) is 14.4 Å². The van der Waals surface area contributed by atoms with Crippen LogP contribution in [-0.4, -0.2) is 55.4 Å². The van der Waals surface area contributed by atoms with Crippen LogP contribution in [0, 0.1) is 0 Å². The molecular formula is C19H25N3O4. The topological polar surface area (TPSA) is 79.0 Å². The summed E-state index contributed by atoms with van der Waals surface area (Å²) in [7, 11) is 0. The van der Waals surface area contributed by atoms with E-state index in [2.05, 4.69) is 5.32 Å². The van der Waals surface area contributed by atoms with Gasteiger partial charge in [-0.2, -0.15) is 0 Å². The van der Waals surface area contributed by atoms with E-state index in [4.69, 9.17) is 4.74 Å². The van der Waals surface area contributed by atoms with Crippen LogP contribution >= 0.6 is 0 Å². The summed E-state index contributed by atoms with van der Waals surface area (Å²) in [5, 5.41) is 2.70. The summed E-state index contributed by atoms with van der Waals surface area (Å²) in [6, 6.07) is 7.16. The Morgan fingerprint density at radius 1 is 1.04 bits per heavy atom. The number of anilines is 1. The minimum Gasteiger partial charge on any atom is -0.484 e. The summed E-state index contributed by atoms with van der Waals surface area (Å²) in [6.45, 7) is 2.63. The fourth-order valence-corrected chi connectivity index (χ4v) is 3.28. The van der Waals surface area contributed by atoms with Crippen molar-refractivity contribution >= 4 is 23.4 Å². The molecule has 3 amide bonds. The molecule has 2 aliphatic heterocycles. The van der Waals surface area contributed by atoms with Crippen LogP contribution in [0.2, 0.25) is 0 Å². The largest absolute Gasteiger partial charge is 0.484 e. The van der Waals surface area contributed by atoms with E-state index in [1.807, 2.05) is 17.0 Å². The first-order chi connectivity index (χ1) is 12.6. The summed E-state index contributed by atoms with van der Waals surface area (Å²) in [5.74, 6) is 0.555. The fraction of sp³-hybridized carbons (Fsp3) is 0.526. The first-order valence-electron chi connectivity index (χ1n) is 9.21. The lowest BCUT2D eigenvalue weighted by molar-refractivity contribution is -0.130. The second-order valence-corrected chi connectivity index (χ2v) is 6.62. The zero-order valence-electron chi connectivity index (χ0n) is 14.9. The Hall–Kier alpha value is -2.57. The van der Waals surface area contributed by atoms with E-state index in [0.29, 0.717) is 25.1 Å². The van der Waals surface area contributed by atoms with Crippen molar-refractivity contribution in [1.82, 2.24) is 10.2 Å². The minimum atomic E-state index is -0.252. The number of ether oxygens (including phenoxy) is 1. The number of likely N-dealkylation sites (tertiary alicyclic amines) is 1. The van der Waals surface area contributed by atoms with Gasteiger partial charge >= 0.3 is 0 Å². The van der Waals surface area contributed by atoms with E-state index in [-0.39, 0.29) is 24.3 Å². The van der Waals surface area contributed by atoms with E-state index in [1.54, 1.807) is 17.0 Å². The van der Waals surface area contributed by atoms with Crippen molar-refractivity contribution in [2.75, 3.05) is 37.7 Å². The lowest BCUT2D eigenvalue weighted by atomic mass is 10.3. The number of rotatable bonds is 7. The highest BCUT2D eigenvalue weighted by Gasteiger charge is 2.21. The molecule has 7 heteroatoms. The molecule has 0 aliphatic carbocycles. The third-order valence-corrected chi connectivity index (χ3v) is 4.71. The van der Waals surface area contributed by atoms with Gasteiger partial charge < -0.3 is 19.9 Å². The normalized spacial score (nSPS) is 16.8. The number of amides is 3. The zero-order chi connectivity index (χ0) is 18.4. The Balaban J connectivity index is 1.36. The Labute approximate surface area is 153 Å². The molecule has 0 radical (unpaired) electrons. The molecule has 1 aromatic carbocycles. The van der Waals surface area contributed by atoms with Gasteiger partial charge in [0.2, 0.25) is 11.8 Å². The van der Waals surface area contributed by atoms with E-state index < -0.39 is 0 Å². The van der Waals surface area contributed by atoms with Gasteiger partial charge in [0.25, 0.3) is 5.91 Å². The number of nitrogens with one attached hydrogen (secondary N) is 1. The third-order valence-electron chi connectivity index (χ3n) is 4.71. The molecule has 7 nitrogen and oxygen atoms in total. The van der Waals surface area contributed by atoms with Crippen molar-refractivity contribution < 1.29 is 19.1 Å². The third kappa shape index (κ3) is 4.74. The van der Waals surface area contributed by atoms with Gasteiger partial charge in [-0.1, -0.05) is 0 Å². The van der Waals surface area contributed by atoms with Gasteiger partial charge in [-0.05, 0) is 43.5 Å². The maximum Gasteiger partial charge on any atom is 0.257 e. The number of benzene rings is 1. The fourth-order valence-electron chi connectivity index (χ4n) is 3.28. The second-order valence-electron chi connectivity index (χ2n) is 6.62. The predicted molar refractivity (Wildman–Crippen MR) is 97.0 cm³/mol. The summed E-state index contributed by atoms with van der Waals surface area (Å²) in [6.07, 6.45) is 3.94. The van der Waals surface area contributed by atoms with Gasteiger partial charge in [-0.15, -0.1) is 0 Å². The average molecular weight is 359 g/mol. The maximum absolute atomic E-state index is 11.9. The Kier molecular flexibility index (Phi) is 6.09. The van der Waals surface area contributed by atoms with Crippen molar-refractivity contribution in [3.05, 3.63) is 24.3 Å². The molecular weight excluding hydrogens is 334 g/mol. The molecule has 26 heavy (non-hydrogen) atoms. The minimum absolute atomic E-state index is 0.0933. The molecule has 0 atom stereocenters. The van der Waals surface area contributed by atoms with Crippen molar-refractivity contribution in [1.29, 1.82) is 0 Å². The highest BCUT2D eigenvalue weighted by Crippen LogP contribution is 2.23. The molecule has 0 aromatic heterocycles. The summed E-state index contributed by atoms with van der Waals surface area (Å²) in [5.41, 5.74) is 0.852. The van der Waals surface area contributed by atoms with Crippen LogP contribution in [0.4, 0.5) is 5.69 Å².